The summed E-state index contributed by atoms with van der Waals surface area (Å²) in [6.07, 6.45) is 1.48. The molecule has 0 saturated carbocycles. The van der Waals surface area contributed by atoms with Gasteiger partial charge in [0.25, 0.3) is 0 Å². The average Bonchev–Trinajstić information content (AvgIpc) is 2.46. The highest BCUT2D eigenvalue weighted by Crippen LogP contribution is 2.22. The summed E-state index contributed by atoms with van der Waals surface area (Å²) in [7, 11) is 0. The summed E-state index contributed by atoms with van der Waals surface area (Å²) in [5.74, 6) is -1.27. The number of rotatable bonds is 4. The van der Waals surface area contributed by atoms with Crippen LogP contribution >= 0.6 is 11.6 Å². The molecule has 0 unspecified atom stereocenters. The molecule has 5 nitrogen and oxygen atoms in total. The Bertz CT molecular complexity index is 484. The quantitative estimate of drug-likeness (QED) is 0.888. The van der Waals surface area contributed by atoms with Crippen molar-refractivity contribution in [3.8, 4) is 0 Å². The Hall–Kier alpha value is -1.59. The number of carbonyl (C=O) groups excluding carboxylic acids is 1. The highest BCUT2D eigenvalue weighted by Gasteiger charge is 2.28. The predicted molar refractivity (Wildman–Crippen MR) is 77.0 cm³/mol. The largest absolute Gasteiger partial charge is 0.480 e. The second kappa shape index (κ2) is 6.72. The van der Waals surface area contributed by atoms with E-state index in [9.17, 15) is 9.59 Å². The zero-order valence-electron chi connectivity index (χ0n) is 11.0. The third-order valence-electron chi connectivity index (χ3n) is 3.39. The summed E-state index contributed by atoms with van der Waals surface area (Å²) in [6, 6.07) is 6.65. The number of hydrogen-bond donors (Lipinski definition) is 2. The summed E-state index contributed by atoms with van der Waals surface area (Å²) in [5, 5.41) is 12.8. The maximum Gasteiger partial charge on any atom is 0.323 e. The van der Waals surface area contributed by atoms with Crippen LogP contribution in [0.3, 0.4) is 0 Å². The highest BCUT2D eigenvalue weighted by molar-refractivity contribution is 6.30. The van der Waals surface area contributed by atoms with Crippen molar-refractivity contribution in [3.63, 3.8) is 0 Å². The van der Waals surface area contributed by atoms with E-state index in [1.807, 2.05) is 0 Å². The van der Waals surface area contributed by atoms with Crippen LogP contribution in [0.4, 0.5) is 5.69 Å². The monoisotopic (exact) mass is 296 g/mol. The van der Waals surface area contributed by atoms with Gasteiger partial charge in [-0.15, -0.1) is 0 Å². The van der Waals surface area contributed by atoms with Gasteiger partial charge in [0.05, 0.1) is 0 Å². The molecule has 2 N–H and O–H groups in total. The lowest BCUT2D eigenvalue weighted by atomic mass is 9.96. The summed E-state index contributed by atoms with van der Waals surface area (Å²) in [6.45, 7) is 1.25. The van der Waals surface area contributed by atoms with E-state index in [1.54, 1.807) is 24.3 Å². The van der Waals surface area contributed by atoms with Gasteiger partial charge in [0.15, 0.2) is 0 Å². The van der Waals surface area contributed by atoms with Crippen molar-refractivity contribution in [2.45, 2.75) is 12.8 Å². The smallest absolute Gasteiger partial charge is 0.323 e. The second-order valence-electron chi connectivity index (χ2n) is 4.82. The number of benzene rings is 1. The van der Waals surface area contributed by atoms with Crippen molar-refractivity contribution in [1.82, 2.24) is 5.32 Å². The zero-order chi connectivity index (χ0) is 14.5. The van der Waals surface area contributed by atoms with E-state index in [4.69, 9.17) is 16.7 Å². The fourth-order valence-corrected chi connectivity index (χ4v) is 2.47. The van der Waals surface area contributed by atoms with E-state index < -0.39 is 5.97 Å². The number of piperidine rings is 1. The van der Waals surface area contributed by atoms with Crippen LogP contribution in [-0.2, 0) is 9.59 Å². The fourth-order valence-electron chi connectivity index (χ4n) is 2.34. The van der Waals surface area contributed by atoms with Gasteiger partial charge in [-0.25, -0.2) is 0 Å². The van der Waals surface area contributed by atoms with Crippen molar-refractivity contribution in [1.29, 1.82) is 0 Å². The Kier molecular flexibility index (Phi) is 4.98. The number of anilines is 1. The maximum absolute atomic E-state index is 12.5. The molecule has 20 heavy (non-hydrogen) atoms. The summed E-state index contributed by atoms with van der Waals surface area (Å²) >= 11 is 5.82. The second-order valence-corrected chi connectivity index (χ2v) is 5.26. The molecule has 1 amide bonds. The SMILES string of the molecule is O=C(O)CN(C(=O)C1CCNCC1)c1ccc(Cl)cc1. The number of amides is 1. The molecule has 1 aliphatic rings. The highest BCUT2D eigenvalue weighted by atomic mass is 35.5. The molecule has 108 valence electrons. The van der Waals surface area contributed by atoms with Crippen LogP contribution in [-0.4, -0.2) is 36.6 Å². The molecule has 1 fully saturated rings. The summed E-state index contributed by atoms with van der Waals surface area (Å²) in [5.41, 5.74) is 0.570. The van der Waals surface area contributed by atoms with E-state index >= 15 is 0 Å². The van der Waals surface area contributed by atoms with Gasteiger partial charge in [0.2, 0.25) is 5.91 Å². The van der Waals surface area contributed by atoms with E-state index in [0.29, 0.717) is 10.7 Å². The Morgan fingerprint density at radius 3 is 2.40 bits per heavy atom. The van der Waals surface area contributed by atoms with Crippen molar-refractivity contribution >= 4 is 29.2 Å². The first-order valence-electron chi connectivity index (χ1n) is 6.57. The number of aliphatic carboxylic acids is 1. The van der Waals surface area contributed by atoms with E-state index in [0.717, 1.165) is 25.9 Å². The van der Waals surface area contributed by atoms with Gasteiger partial charge in [0.1, 0.15) is 6.54 Å². The summed E-state index contributed by atoms with van der Waals surface area (Å²) in [4.78, 5) is 24.9. The number of carboxylic acids is 1. The van der Waals surface area contributed by atoms with Crippen LogP contribution in [0.1, 0.15) is 12.8 Å². The minimum absolute atomic E-state index is 0.119. The first kappa shape index (κ1) is 14.8. The van der Waals surface area contributed by atoms with Crippen molar-refractivity contribution in [3.05, 3.63) is 29.3 Å². The van der Waals surface area contributed by atoms with Crippen LogP contribution in [0.25, 0.3) is 0 Å². The maximum atomic E-state index is 12.5. The Labute approximate surface area is 122 Å². The molecule has 0 atom stereocenters. The lowest BCUT2D eigenvalue weighted by Gasteiger charge is -2.28. The number of halogens is 1. The average molecular weight is 297 g/mol. The summed E-state index contributed by atoms with van der Waals surface area (Å²) < 4.78 is 0. The lowest BCUT2D eigenvalue weighted by molar-refractivity contribution is -0.137. The molecular weight excluding hydrogens is 280 g/mol. The fraction of sp³-hybridized carbons (Fsp3) is 0.429. The van der Waals surface area contributed by atoms with Crippen LogP contribution in [0.2, 0.25) is 5.02 Å². The first-order chi connectivity index (χ1) is 9.58. The Morgan fingerprint density at radius 2 is 1.85 bits per heavy atom. The third kappa shape index (κ3) is 3.71. The van der Waals surface area contributed by atoms with Gasteiger partial charge in [0, 0.05) is 16.6 Å². The van der Waals surface area contributed by atoms with E-state index in [1.165, 1.54) is 4.90 Å². The topological polar surface area (TPSA) is 69.6 Å². The third-order valence-corrected chi connectivity index (χ3v) is 3.64. The van der Waals surface area contributed by atoms with Gasteiger partial charge < -0.3 is 15.3 Å². The number of nitrogens with one attached hydrogen (secondary N) is 1. The molecule has 0 spiro atoms. The Balaban J connectivity index is 2.19. The molecule has 0 aromatic heterocycles. The van der Waals surface area contributed by atoms with Gasteiger partial charge >= 0.3 is 5.97 Å². The van der Waals surface area contributed by atoms with Crippen LogP contribution in [0, 0.1) is 5.92 Å². The molecule has 0 bridgehead atoms. The van der Waals surface area contributed by atoms with Crippen molar-refractivity contribution < 1.29 is 14.7 Å². The molecule has 0 aliphatic carbocycles. The molecule has 1 heterocycles. The normalized spacial score (nSPS) is 15.8. The van der Waals surface area contributed by atoms with Gasteiger partial charge in [-0.05, 0) is 50.2 Å². The van der Waals surface area contributed by atoms with E-state index in [2.05, 4.69) is 5.32 Å². The molecular formula is C14H17ClN2O3. The minimum Gasteiger partial charge on any atom is -0.480 e. The number of hydrogen-bond acceptors (Lipinski definition) is 3. The molecule has 1 aliphatic heterocycles. The minimum atomic E-state index is -1.03. The standard InChI is InChI=1S/C14H17ClN2O3/c15-11-1-3-12(4-2-11)17(9-13(18)19)14(20)10-5-7-16-8-6-10/h1-4,10,16H,5-9H2,(H,18,19). The molecule has 1 saturated heterocycles. The molecule has 2 rings (SSSR count). The van der Waals surface area contributed by atoms with Crippen LogP contribution in [0.15, 0.2) is 24.3 Å². The number of carbonyl (C=O) groups is 2. The molecule has 0 radical (unpaired) electrons. The van der Waals surface area contributed by atoms with Gasteiger partial charge in [-0.1, -0.05) is 11.6 Å². The van der Waals surface area contributed by atoms with Gasteiger partial charge in [-0.3, -0.25) is 9.59 Å². The number of carboxylic acid groups (broad SMARTS) is 1. The molecule has 1 aromatic rings. The Morgan fingerprint density at radius 1 is 1.25 bits per heavy atom. The van der Waals surface area contributed by atoms with E-state index in [-0.39, 0.29) is 18.4 Å². The lowest BCUT2D eigenvalue weighted by Crippen LogP contribution is -2.43. The zero-order valence-corrected chi connectivity index (χ0v) is 11.8. The van der Waals surface area contributed by atoms with Crippen LogP contribution < -0.4 is 10.2 Å². The molecule has 1 aromatic carbocycles. The van der Waals surface area contributed by atoms with Gasteiger partial charge in [-0.2, -0.15) is 0 Å². The molecule has 6 heteroatoms. The van der Waals surface area contributed by atoms with Crippen molar-refractivity contribution in [2.24, 2.45) is 5.92 Å². The van der Waals surface area contributed by atoms with Crippen LogP contribution in [0.5, 0.6) is 0 Å². The van der Waals surface area contributed by atoms with Crippen molar-refractivity contribution in [2.75, 3.05) is 24.5 Å². The number of nitrogens with zero attached hydrogens (tertiary/aromatic N) is 1. The predicted octanol–water partition coefficient (Wildman–Crippen LogP) is 1.76. The first-order valence-corrected chi connectivity index (χ1v) is 6.95.